The van der Waals surface area contributed by atoms with Crippen molar-refractivity contribution in [2.24, 2.45) is 0 Å². The molecule has 0 radical (unpaired) electrons. The number of aryl methyl sites for hydroxylation is 1. The average molecular weight is 314 g/mol. The molecule has 2 aromatic rings. The van der Waals surface area contributed by atoms with Crippen molar-refractivity contribution >= 4 is 23.4 Å². The van der Waals surface area contributed by atoms with Gasteiger partial charge in [-0.1, -0.05) is 17.7 Å². The maximum Gasteiger partial charge on any atom is 0.281 e. The lowest BCUT2D eigenvalue weighted by atomic mass is 10.2. The van der Waals surface area contributed by atoms with Gasteiger partial charge in [0.2, 0.25) is 5.89 Å². The van der Waals surface area contributed by atoms with Gasteiger partial charge in [-0.15, -0.1) is 10.2 Å². The topological polar surface area (TPSA) is 60.2 Å². The van der Waals surface area contributed by atoms with Crippen LogP contribution in [0, 0.1) is 6.92 Å². The molecule has 0 aliphatic rings. The normalized spacial score (nSPS) is 10.9. The van der Waals surface area contributed by atoms with E-state index in [-0.39, 0.29) is 0 Å². The Labute approximate surface area is 127 Å². The number of rotatable bonds is 7. The van der Waals surface area contributed by atoms with E-state index in [4.69, 9.17) is 20.8 Å². The molecule has 108 valence electrons. The van der Waals surface area contributed by atoms with Crippen LogP contribution in [-0.2, 0) is 11.3 Å². The Morgan fingerprint density at radius 1 is 1.40 bits per heavy atom. The number of aromatic nitrogens is 2. The third kappa shape index (κ3) is 4.21. The van der Waals surface area contributed by atoms with Gasteiger partial charge in [0.05, 0.1) is 6.61 Å². The van der Waals surface area contributed by atoms with Gasteiger partial charge >= 0.3 is 0 Å². The number of hydrogen-bond acceptors (Lipinski definition) is 6. The third-order valence-electron chi connectivity index (χ3n) is 2.57. The molecule has 7 heteroatoms. The van der Waals surface area contributed by atoms with Crippen LogP contribution in [0.3, 0.4) is 0 Å². The van der Waals surface area contributed by atoms with Gasteiger partial charge in [0, 0.05) is 37.0 Å². The summed E-state index contributed by atoms with van der Waals surface area (Å²) in [7, 11) is 1.68. The molecule has 20 heavy (non-hydrogen) atoms. The highest BCUT2D eigenvalue weighted by atomic mass is 35.5. The van der Waals surface area contributed by atoms with Crippen molar-refractivity contribution in [1.82, 2.24) is 15.5 Å². The zero-order valence-electron chi connectivity index (χ0n) is 11.4. The van der Waals surface area contributed by atoms with Gasteiger partial charge in [-0.05, 0) is 29.5 Å². The van der Waals surface area contributed by atoms with E-state index in [0.717, 1.165) is 22.0 Å². The van der Waals surface area contributed by atoms with E-state index in [9.17, 15) is 0 Å². The molecule has 0 unspecified atom stereocenters. The third-order valence-corrected chi connectivity index (χ3v) is 3.86. The second-order valence-electron chi connectivity index (χ2n) is 4.08. The first kappa shape index (κ1) is 15.3. The number of nitrogens with zero attached hydrogens (tertiary/aromatic N) is 2. The molecular weight excluding hydrogens is 298 g/mol. The van der Waals surface area contributed by atoms with Crippen molar-refractivity contribution in [1.29, 1.82) is 0 Å². The molecule has 1 heterocycles. The molecule has 1 N–H and O–H groups in total. The lowest BCUT2D eigenvalue weighted by Gasteiger charge is -2.10. The maximum atomic E-state index is 6.26. The lowest BCUT2D eigenvalue weighted by Crippen LogP contribution is -2.19. The Bertz CT molecular complexity index is 562. The fourth-order valence-corrected chi connectivity index (χ4v) is 2.79. The maximum absolute atomic E-state index is 6.26. The van der Waals surface area contributed by atoms with Gasteiger partial charge in [0.25, 0.3) is 5.22 Å². The molecule has 0 spiro atoms. The number of ether oxygens (including phenoxy) is 1. The number of hydrogen-bond donors (Lipinski definition) is 1. The highest BCUT2D eigenvalue weighted by Gasteiger charge is 2.11. The van der Waals surface area contributed by atoms with E-state index in [0.29, 0.717) is 24.3 Å². The van der Waals surface area contributed by atoms with Crippen LogP contribution < -0.4 is 5.32 Å². The summed E-state index contributed by atoms with van der Waals surface area (Å²) in [5, 5.41) is 12.3. The van der Waals surface area contributed by atoms with E-state index in [1.165, 1.54) is 11.8 Å². The van der Waals surface area contributed by atoms with E-state index < -0.39 is 0 Å². The SMILES string of the molecule is COCCNCc1c(Cl)cccc1Sc1nnc(C)o1. The summed E-state index contributed by atoms with van der Waals surface area (Å²) in [6.45, 7) is 3.86. The van der Waals surface area contributed by atoms with Crippen LogP contribution >= 0.6 is 23.4 Å². The Kier molecular flexibility index (Phi) is 5.85. The zero-order chi connectivity index (χ0) is 14.4. The molecule has 0 amide bonds. The molecule has 1 aromatic heterocycles. The highest BCUT2D eigenvalue weighted by molar-refractivity contribution is 7.99. The van der Waals surface area contributed by atoms with E-state index in [1.807, 2.05) is 18.2 Å². The fraction of sp³-hybridized carbons (Fsp3) is 0.385. The van der Waals surface area contributed by atoms with Crippen molar-refractivity contribution in [2.45, 2.75) is 23.6 Å². The van der Waals surface area contributed by atoms with Crippen LogP contribution in [0.5, 0.6) is 0 Å². The molecule has 1 aromatic carbocycles. The van der Waals surface area contributed by atoms with E-state index >= 15 is 0 Å². The number of halogens is 1. The summed E-state index contributed by atoms with van der Waals surface area (Å²) in [6, 6.07) is 5.77. The van der Waals surface area contributed by atoms with Gasteiger partial charge in [-0.25, -0.2) is 0 Å². The van der Waals surface area contributed by atoms with Crippen molar-refractivity contribution in [2.75, 3.05) is 20.3 Å². The Hall–Kier alpha value is -1.08. The molecular formula is C13H16ClN3O2S. The Morgan fingerprint density at radius 3 is 2.95 bits per heavy atom. The van der Waals surface area contributed by atoms with Crippen molar-refractivity contribution in [3.63, 3.8) is 0 Å². The monoisotopic (exact) mass is 313 g/mol. The van der Waals surface area contributed by atoms with Crippen LogP contribution in [0.15, 0.2) is 32.7 Å². The molecule has 2 rings (SSSR count). The van der Waals surface area contributed by atoms with Crippen LogP contribution in [0.25, 0.3) is 0 Å². The predicted octanol–water partition coefficient (Wildman–Crippen LogP) is 2.92. The van der Waals surface area contributed by atoms with Gasteiger partial charge in [-0.2, -0.15) is 0 Å². The summed E-state index contributed by atoms with van der Waals surface area (Å²) in [5.74, 6) is 0.550. The number of nitrogens with one attached hydrogen (secondary N) is 1. The van der Waals surface area contributed by atoms with Gasteiger partial charge < -0.3 is 14.5 Å². The molecule has 0 saturated carbocycles. The first-order valence-corrected chi connectivity index (χ1v) is 7.35. The summed E-state index contributed by atoms with van der Waals surface area (Å²) in [6.07, 6.45) is 0. The predicted molar refractivity (Wildman–Crippen MR) is 78.2 cm³/mol. The standard InChI is InChI=1S/C13H16ClN3O2S/c1-9-16-17-13(19-9)20-12-5-3-4-11(14)10(12)8-15-6-7-18-2/h3-5,15H,6-8H2,1-2H3. The fourth-order valence-electron chi connectivity index (χ4n) is 1.61. The van der Waals surface area contributed by atoms with Gasteiger partial charge in [-0.3, -0.25) is 0 Å². The van der Waals surface area contributed by atoms with Crippen molar-refractivity contribution in [3.8, 4) is 0 Å². The highest BCUT2D eigenvalue weighted by Crippen LogP contribution is 2.32. The van der Waals surface area contributed by atoms with Crippen LogP contribution in [0.2, 0.25) is 5.02 Å². The van der Waals surface area contributed by atoms with Gasteiger partial charge in [0.15, 0.2) is 0 Å². The van der Waals surface area contributed by atoms with Crippen molar-refractivity contribution < 1.29 is 9.15 Å². The quantitative estimate of drug-likeness (QED) is 0.793. The Balaban J connectivity index is 2.09. The van der Waals surface area contributed by atoms with E-state index in [1.54, 1.807) is 14.0 Å². The largest absolute Gasteiger partial charge is 0.416 e. The van der Waals surface area contributed by atoms with Gasteiger partial charge in [0.1, 0.15) is 0 Å². The molecule has 0 aliphatic carbocycles. The molecule has 0 saturated heterocycles. The molecule has 0 fully saturated rings. The number of methoxy groups -OCH3 is 1. The minimum absolute atomic E-state index is 0.517. The number of benzene rings is 1. The van der Waals surface area contributed by atoms with Crippen LogP contribution in [0.1, 0.15) is 11.5 Å². The first-order valence-electron chi connectivity index (χ1n) is 6.15. The van der Waals surface area contributed by atoms with Crippen molar-refractivity contribution in [3.05, 3.63) is 34.7 Å². The molecule has 0 aliphatic heterocycles. The second kappa shape index (κ2) is 7.64. The summed E-state index contributed by atoms with van der Waals surface area (Å²) in [4.78, 5) is 1.01. The summed E-state index contributed by atoms with van der Waals surface area (Å²) < 4.78 is 10.4. The molecule has 5 nitrogen and oxygen atoms in total. The minimum atomic E-state index is 0.517. The van der Waals surface area contributed by atoms with Crippen LogP contribution in [0.4, 0.5) is 0 Å². The lowest BCUT2D eigenvalue weighted by molar-refractivity contribution is 0.199. The zero-order valence-corrected chi connectivity index (χ0v) is 12.9. The van der Waals surface area contributed by atoms with Crippen LogP contribution in [-0.4, -0.2) is 30.5 Å². The Morgan fingerprint density at radius 2 is 2.25 bits per heavy atom. The summed E-state index contributed by atoms with van der Waals surface area (Å²) in [5.41, 5.74) is 1.02. The second-order valence-corrected chi connectivity index (χ2v) is 5.48. The molecule has 0 bridgehead atoms. The minimum Gasteiger partial charge on any atom is -0.416 e. The van der Waals surface area contributed by atoms with E-state index in [2.05, 4.69) is 15.5 Å². The summed E-state index contributed by atoms with van der Waals surface area (Å²) >= 11 is 7.68. The smallest absolute Gasteiger partial charge is 0.281 e. The average Bonchev–Trinajstić information content (AvgIpc) is 2.83. The molecule has 0 atom stereocenters. The first-order chi connectivity index (χ1) is 9.70.